The summed E-state index contributed by atoms with van der Waals surface area (Å²) < 4.78 is 2.01. The zero-order chi connectivity index (χ0) is 6.85. The fourth-order valence-electron chi connectivity index (χ4n) is 0.635. The minimum atomic E-state index is 0.346. The molecule has 1 heterocycles. The SMILES string of the molecule is Cc1cn(C(C)Br)cn1. The van der Waals surface area contributed by atoms with Crippen LogP contribution in [0.4, 0.5) is 0 Å². The first-order valence-electron chi connectivity index (χ1n) is 2.84. The number of aromatic nitrogens is 2. The Hall–Kier alpha value is -0.310. The van der Waals surface area contributed by atoms with Gasteiger partial charge in [-0.25, -0.2) is 4.98 Å². The summed E-state index contributed by atoms with van der Waals surface area (Å²) in [4.78, 5) is 4.42. The van der Waals surface area contributed by atoms with Gasteiger partial charge in [0, 0.05) is 6.20 Å². The number of hydrogen-bond donors (Lipinski definition) is 0. The number of rotatable bonds is 1. The summed E-state index contributed by atoms with van der Waals surface area (Å²) in [7, 11) is 0. The van der Waals surface area contributed by atoms with E-state index in [4.69, 9.17) is 0 Å². The van der Waals surface area contributed by atoms with Gasteiger partial charge in [0.2, 0.25) is 0 Å². The highest BCUT2D eigenvalue weighted by molar-refractivity contribution is 9.09. The highest BCUT2D eigenvalue weighted by atomic mass is 79.9. The third-order valence-corrected chi connectivity index (χ3v) is 1.61. The Labute approximate surface area is 63.0 Å². The maximum absolute atomic E-state index is 4.07. The lowest BCUT2D eigenvalue weighted by Crippen LogP contribution is -1.91. The first kappa shape index (κ1) is 6.81. The largest absolute Gasteiger partial charge is 0.324 e. The van der Waals surface area contributed by atoms with Gasteiger partial charge in [0.15, 0.2) is 0 Å². The van der Waals surface area contributed by atoms with Gasteiger partial charge < -0.3 is 4.57 Å². The van der Waals surface area contributed by atoms with E-state index >= 15 is 0 Å². The molecule has 2 nitrogen and oxygen atoms in total. The van der Waals surface area contributed by atoms with Crippen molar-refractivity contribution in [2.24, 2.45) is 0 Å². The molecule has 0 bridgehead atoms. The van der Waals surface area contributed by atoms with Gasteiger partial charge in [-0.15, -0.1) is 0 Å². The lowest BCUT2D eigenvalue weighted by Gasteiger charge is -2.00. The van der Waals surface area contributed by atoms with Gasteiger partial charge in [-0.2, -0.15) is 0 Å². The summed E-state index contributed by atoms with van der Waals surface area (Å²) in [6.45, 7) is 4.03. The molecule has 0 radical (unpaired) electrons. The standard InChI is InChI=1S/C6H9BrN2/c1-5-3-9(4-8-5)6(2)7/h3-4,6H,1-2H3. The third-order valence-electron chi connectivity index (χ3n) is 1.14. The third kappa shape index (κ3) is 1.55. The molecule has 1 aromatic heterocycles. The Balaban J connectivity index is 2.85. The van der Waals surface area contributed by atoms with E-state index in [-0.39, 0.29) is 0 Å². The molecule has 0 N–H and O–H groups in total. The van der Waals surface area contributed by atoms with Crippen LogP contribution in [0.3, 0.4) is 0 Å². The number of aryl methyl sites for hydroxylation is 1. The number of alkyl halides is 1. The molecule has 50 valence electrons. The molecule has 3 heteroatoms. The van der Waals surface area contributed by atoms with Crippen molar-refractivity contribution >= 4 is 15.9 Å². The van der Waals surface area contributed by atoms with E-state index in [1.807, 2.05) is 24.0 Å². The number of halogens is 1. The molecule has 1 atom stereocenters. The summed E-state index contributed by atoms with van der Waals surface area (Å²) >= 11 is 3.42. The normalized spacial score (nSPS) is 13.7. The fourth-order valence-corrected chi connectivity index (χ4v) is 0.859. The number of hydrogen-bond acceptors (Lipinski definition) is 1. The summed E-state index contributed by atoms with van der Waals surface area (Å²) in [5.74, 6) is 0. The Morgan fingerprint density at radius 3 is 2.67 bits per heavy atom. The van der Waals surface area contributed by atoms with Crippen LogP contribution in [0.1, 0.15) is 17.6 Å². The predicted molar refractivity (Wildman–Crippen MR) is 40.6 cm³/mol. The smallest absolute Gasteiger partial charge is 0.0958 e. The Morgan fingerprint density at radius 2 is 2.44 bits per heavy atom. The van der Waals surface area contributed by atoms with Crippen LogP contribution in [0.2, 0.25) is 0 Å². The second-order valence-corrected chi connectivity index (χ2v) is 3.36. The van der Waals surface area contributed by atoms with Crippen molar-refractivity contribution in [3.8, 4) is 0 Å². The maximum atomic E-state index is 4.07. The van der Waals surface area contributed by atoms with Gasteiger partial charge in [-0.05, 0) is 13.8 Å². The van der Waals surface area contributed by atoms with Crippen LogP contribution in [0.25, 0.3) is 0 Å². The minimum Gasteiger partial charge on any atom is -0.324 e. The van der Waals surface area contributed by atoms with Crippen molar-refractivity contribution < 1.29 is 0 Å². The highest BCUT2D eigenvalue weighted by Gasteiger charge is 1.96. The Bertz CT molecular complexity index is 193. The summed E-state index contributed by atoms with van der Waals surface area (Å²) in [5, 5.41) is 0. The van der Waals surface area contributed by atoms with Crippen molar-refractivity contribution in [2.75, 3.05) is 0 Å². The van der Waals surface area contributed by atoms with Gasteiger partial charge in [0.05, 0.1) is 17.0 Å². The van der Waals surface area contributed by atoms with E-state index in [0.717, 1.165) is 5.69 Å². The van der Waals surface area contributed by atoms with Crippen molar-refractivity contribution in [3.63, 3.8) is 0 Å². The molecule has 0 saturated heterocycles. The van der Waals surface area contributed by atoms with Gasteiger partial charge in [0.25, 0.3) is 0 Å². The van der Waals surface area contributed by atoms with E-state index in [9.17, 15) is 0 Å². The Morgan fingerprint density at radius 1 is 1.78 bits per heavy atom. The molecule has 9 heavy (non-hydrogen) atoms. The number of imidazole rings is 1. The quantitative estimate of drug-likeness (QED) is 0.618. The summed E-state index contributed by atoms with van der Waals surface area (Å²) in [6.07, 6.45) is 3.81. The second-order valence-electron chi connectivity index (χ2n) is 2.04. The minimum absolute atomic E-state index is 0.346. The zero-order valence-corrected chi connectivity index (χ0v) is 7.09. The van der Waals surface area contributed by atoms with Crippen LogP contribution < -0.4 is 0 Å². The second kappa shape index (κ2) is 2.52. The van der Waals surface area contributed by atoms with Crippen molar-refractivity contribution in [3.05, 3.63) is 18.2 Å². The van der Waals surface area contributed by atoms with Crippen LogP contribution in [0.5, 0.6) is 0 Å². The average molecular weight is 189 g/mol. The van der Waals surface area contributed by atoms with Crippen LogP contribution in [0.15, 0.2) is 12.5 Å². The zero-order valence-electron chi connectivity index (χ0n) is 5.50. The number of nitrogens with zero attached hydrogens (tertiary/aromatic N) is 2. The van der Waals surface area contributed by atoms with Crippen molar-refractivity contribution in [1.29, 1.82) is 0 Å². The van der Waals surface area contributed by atoms with Gasteiger partial charge in [0.1, 0.15) is 0 Å². The van der Waals surface area contributed by atoms with Crippen LogP contribution in [-0.4, -0.2) is 9.55 Å². The molecule has 0 fully saturated rings. The molecule has 0 aliphatic heterocycles. The maximum Gasteiger partial charge on any atom is 0.0958 e. The van der Waals surface area contributed by atoms with Crippen LogP contribution >= 0.6 is 15.9 Å². The molecule has 0 spiro atoms. The van der Waals surface area contributed by atoms with E-state index in [0.29, 0.717) is 4.95 Å². The highest BCUT2D eigenvalue weighted by Crippen LogP contribution is 2.12. The lowest BCUT2D eigenvalue weighted by molar-refractivity contribution is 0.752. The van der Waals surface area contributed by atoms with Gasteiger partial charge in [-0.1, -0.05) is 15.9 Å². The first-order chi connectivity index (χ1) is 4.20. The van der Waals surface area contributed by atoms with E-state index < -0.39 is 0 Å². The predicted octanol–water partition coefficient (Wildman–Crippen LogP) is 2.10. The molecule has 0 amide bonds. The van der Waals surface area contributed by atoms with Crippen molar-refractivity contribution in [2.45, 2.75) is 18.8 Å². The molecule has 1 rings (SSSR count). The Kier molecular flexibility index (Phi) is 1.90. The van der Waals surface area contributed by atoms with Crippen LogP contribution in [0, 0.1) is 6.92 Å². The monoisotopic (exact) mass is 188 g/mol. The van der Waals surface area contributed by atoms with Gasteiger partial charge in [-0.3, -0.25) is 0 Å². The van der Waals surface area contributed by atoms with E-state index in [1.165, 1.54) is 0 Å². The molecule has 1 unspecified atom stereocenters. The fraction of sp³-hybridized carbons (Fsp3) is 0.500. The molecule has 1 aromatic rings. The molecular weight excluding hydrogens is 180 g/mol. The molecule has 0 aliphatic rings. The molecular formula is C6H9BrN2. The van der Waals surface area contributed by atoms with Crippen molar-refractivity contribution in [1.82, 2.24) is 9.55 Å². The van der Waals surface area contributed by atoms with Crippen LogP contribution in [-0.2, 0) is 0 Å². The summed E-state index contributed by atoms with van der Waals surface area (Å²) in [6, 6.07) is 0. The average Bonchev–Trinajstić information content (AvgIpc) is 2.14. The first-order valence-corrected chi connectivity index (χ1v) is 3.76. The molecule has 0 aromatic carbocycles. The van der Waals surface area contributed by atoms with Gasteiger partial charge >= 0.3 is 0 Å². The topological polar surface area (TPSA) is 17.8 Å². The molecule has 0 saturated carbocycles. The summed E-state index contributed by atoms with van der Waals surface area (Å²) in [5.41, 5.74) is 1.06. The van der Waals surface area contributed by atoms with E-state index in [2.05, 4.69) is 27.8 Å². The lowest BCUT2D eigenvalue weighted by atomic mass is 10.6. The molecule has 0 aliphatic carbocycles. The van der Waals surface area contributed by atoms with E-state index in [1.54, 1.807) is 0 Å².